The van der Waals surface area contributed by atoms with Crippen molar-refractivity contribution < 1.29 is 9.53 Å². The lowest BCUT2D eigenvalue weighted by molar-refractivity contribution is -0.127. The topological polar surface area (TPSA) is 41.6 Å². The summed E-state index contributed by atoms with van der Waals surface area (Å²) in [7, 11) is 3.60. The van der Waals surface area contributed by atoms with Gasteiger partial charge in [-0.2, -0.15) is 0 Å². The molecule has 1 saturated heterocycles. The van der Waals surface area contributed by atoms with Crippen LogP contribution in [0.25, 0.3) is 5.57 Å². The lowest BCUT2D eigenvalue weighted by atomic mass is 10.0. The third-order valence-electron chi connectivity index (χ3n) is 4.01. The van der Waals surface area contributed by atoms with Gasteiger partial charge in [-0.3, -0.25) is 4.79 Å². The molecule has 4 heteroatoms. The average molecular weight is 288 g/mol. The number of hydrogen-bond acceptors (Lipinski definition) is 3. The van der Waals surface area contributed by atoms with Gasteiger partial charge in [0.25, 0.3) is 0 Å². The van der Waals surface area contributed by atoms with Crippen LogP contribution in [0.4, 0.5) is 0 Å². The molecule has 2 rings (SSSR count). The van der Waals surface area contributed by atoms with E-state index in [4.69, 9.17) is 4.74 Å². The highest BCUT2D eigenvalue weighted by Gasteiger charge is 2.21. The predicted octanol–water partition coefficient (Wildman–Crippen LogP) is 2.31. The van der Waals surface area contributed by atoms with E-state index in [9.17, 15) is 4.79 Å². The summed E-state index contributed by atoms with van der Waals surface area (Å²) in [5.41, 5.74) is 1.90. The number of ether oxygens (including phenoxy) is 1. The van der Waals surface area contributed by atoms with Gasteiger partial charge in [0.1, 0.15) is 5.75 Å². The Bertz CT molecular complexity index is 525. The fraction of sp³-hybridized carbons (Fsp3) is 0.471. The van der Waals surface area contributed by atoms with Crippen LogP contribution in [0.2, 0.25) is 0 Å². The molecule has 0 saturated carbocycles. The van der Waals surface area contributed by atoms with Crippen molar-refractivity contribution in [1.82, 2.24) is 10.2 Å². The minimum Gasteiger partial charge on any atom is -0.496 e. The van der Waals surface area contributed by atoms with Gasteiger partial charge >= 0.3 is 0 Å². The maximum absolute atomic E-state index is 12.4. The van der Waals surface area contributed by atoms with Crippen molar-refractivity contribution in [3.63, 3.8) is 0 Å². The Hall–Kier alpha value is -1.81. The van der Waals surface area contributed by atoms with Crippen molar-refractivity contribution in [3.05, 3.63) is 35.9 Å². The molecule has 21 heavy (non-hydrogen) atoms. The van der Waals surface area contributed by atoms with Crippen LogP contribution < -0.4 is 10.1 Å². The quantitative estimate of drug-likeness (QED) is 0.865. The third-order valence-corrected chi connectivity index (χ3v) is 4.01. The minimum absolute atomic E-state index is 0.0818. The number of para-hydroxylation sites is 1. The second-order valence-electron chi connectivity index (χ2n) is 5.44. The molecule has 0 bridgehead atoms. The first-order valence-electron chi connectivity index (χ1n) is 7.43. The Balaban J connectivity index is 2.12. The van der Waals surface area contributed by atoms with Gasteiger partial charge in [-0.15, -0.1) is 0 Å². The first-order chi connectivity index (χ1) is 10.2. The molecule has 1 N–H and O–H groups in total. The summed E-state index contributed by atoms with van der Waals surface area (Å²) in [6, 6.07) is 8.18. The summed E-state index contributed by atoms with van der Waals surface area (Å²) in [5, 5.41) is 3.26. The molecule has 1 aliphatic heterocycles. The molecule has 0 aliphatic carbocycles. The van der Waals surface area contributed by atoms with Gasteiger partial charge in [0.05, 0.1) is 7.11 Å². The third kappa shape index (κ3) is 3.85. The number of rotatable bonds is 4. The Labute approximate surface area is 126 Å². The molecule has 4 nitrogen and oxygen atoms in total. The van der Waals surface area contributed by atoms with E-state index in [0.717, 1.165) is 42.8 Å². The summed E-state index contributed by atoms with van der Waals surface area (Å²) < 4.78 is 5.35. The van der Waals surface area contributed by atoms with Crippen molar-refractivity contribution in [3.8, 4) is 5.75 Å². The van der Waals surface area contributed by atoms with Crippen LogP contribution in [-0.2, 0) is 4.79 Å². The number of piperidine rings is 1. The summed E-state index contributed by atoms with van der Waals surface area (Å²) in [5.74, 6) is 0.879. The standard InChI is InChI=1S/C17H24N2O2/c1-13(15-8-4-5-9-16(15)21-3)11-17(20)19-10-6-7-14(12-19)18-2/h4-5,8-9,11,14,18H,6-7,10,12H2,1-3H3/b13-11+. The molecule has 1 aliphatic rings. The molecule has 0 spiro atoms. The van der Waals surface area contributed by atoms with Gasteiger partial charge in [-0.05, 0) is 38.5 Å². The fourth-order valence-corrected chi connectivity index (χ4v) is 2.74. The van der Waals surface area contributed by atoms with Crippen molar-refractivity contribution in [1.29, 1.82) is 0 Å². The van der Waals surface area contributed by atoms with E-state index in [1.165, 1.54) is 0 Å². The van der Waals surface area contributed by atoms with Crippen LogP contribution in [-0.4, -0.2) is 44.1 Å². The molecule has 1 unspecified atom stereocenters. The monoisotopic (exact) mass is 288 g/mol. The predicted molar refractivity (Wildman–Crippen MR) is 85.3 cm³/mol. The van der Waals surface area contributed by atoms with Gasteiger partial charge < -0.3 is 15.0 Å². The zero-order valence-electron chi connectivity index (χ0n) is 13.1. The molecule has 1 heterocycles. The van der Waals surface area contributed by atoms with Gasteiger partial charge in [0, 0.05) is 30.8 Å². The number of likely N-dealkylation sites (N-methyl/N-ethyl adjacent to an activating group) is 1. The summed E-state index contributed by atoms with van der Waals surface area (Å²) in [6.07, 6.45) is 3.91. The van der Waals surface area contributed by atoms with Gasteiger partial charge in [-0.25, -0.2) is 0 Å². The molecule has 0 radical (unpaired) electrons. The van der Waals surface area contributed by atoms with E-state index in [-0.39, 0.29) is 5.91 Å². The lowest BCUT2D eigenvalue weighted by Gasteiger charge is -2.32. The zero-order valence-corrected chi connectivity index (χ0v) is 13.1. The average Bonchev–Trinajstić information content (AvgIpc) is 2.54. The van der Waals surface area contributed by atoms with E-state index >= 15 is 0 Å². The maximum atomic E-state index is 12.4. The largest absolute Gasteiger partial charge is 0.496 e. The molecule has 1 atom stereocenters. The van der Waals surface area contributed by atoms with Gasteiger partial charge in [-0.1, -0.05) is 18.2 Å². The number of amides is 1. The molecule has 1 amide bonds. The SMILES string of the molecule is CNC1CCCN(C(=O)/C=C(\C)c2ccccc2OC)C1. The van der Waals surface area contributed by atoms with Crippen LogP contribution in [0.15, 0.2) is 30.3 Å². The molecular weight excluding hydrogens is 264 g/mol. The second-order valence-corrected chi connectivity index (χ2v) is 5.44. The Morgan fingerprint density at radius 1 is 1.43 bits per heavy atom. The summed E-state index contributed by atoms with van der Waals surface area (Å²) in [6.45, 7) is 3.58. The van der Waals surface area contributed by atoms with Crippen molar-refractivity contribution in [2.45, 2.75) is 25.8 Å². The Kier molecular flexibility index (Phi) is 5.39. The number of methoxy groups -OCH3 is 1. The van der Waals surface area contributed by atoms with E-state index in [0.29, 0.717) is 6.04 Å². The first-order valence-corrected chi connectivity index (χ1v) is 7.43. The highest BCUT2D eigenvalue weighted by atomic mass is 16.5. The van der Waals surface area contributed by atoms with Crippen LogP contribution in [0.3, 0.4) is 0 Å². The normalized spacial score (nSPS) is 19.5. The van der Waals surface area contributed by atoms with Crippen LogP contribution in [0, 0.1) is 0 Å². The smallest absolute Gasteiger partial charge is 0.246 e. The molecule has 0 aromatic heterocycles. The molecule has 1 aromatic rings. The number of hydrogen-bond donors (Lipinski definition) is 1. The van der Waals surface area contributed by atoms with E-state index in [1.807, 2.05) is 43.1 Å². The second kappa shape index (κ2) is 7.27. The maximum Gasteiger partial charge on any atom is 0.246 e. The Morgan fingerprint density at radius 3 is 2.90 bits per heavy atom. The number of nitrogens with one attached hydrogen (secondary N) is 1. The van der Waals surface area contributed by atoms with Crippen LogP contribution in [0.5, 0.6) is 5.75 Å². The highest BCUT2D eigenvalue weighted by Crippen LogP contribution is 2.25. The van der Waals surface area contributed by atoms with Crippen molar-refractivity contribution >= 4 is 11.5 Å². The minimum atomic E-state index is 0.0818. The van der Waals surface area contributed by atoms with Gasteiger partial charge in [0.2, 0.25) is 5.91 Å². The summed E-state index contributed by atoms with van der Waals surface area (Å²) >= 11 is 0. The number of carbonyl (C=O) groups excluding carboxylic acids is 1. The highest BCUT2D eigenvalue weighted by molar-refractivity contribution is 5.95. The lowest BCUT2D eigenvalue weighted by Crippen LogP contribution is -2.46. The van der Waals surface area contributed by atoms with Crippen molar-refractivity contribution in [2.75, 3.05) is 27.2 Å². The Morgan fingerprint density at radius 2 is 2.19 bits per heavy atom. The number of allylic oxidation sites excluding steroid dienone is 1. The molecule has 114 valence electrons. The number of nitrogens with zero attached hydrogens (tertiary/aromatic N) is 1. The first kappa shape index (κ1) is 15.6. The number of benzene rings is 1. The van der Waals surface area contributed by atoms with Crippen LogP contribution in [0.1, 0.15) is 25.3 Å². The van der Waals surface area contributed by atoms with E-state index in [2.05, 4.69) is 5.32 Å². The molecule has 1 fully saturated rings. The fourth-order valence-electron chi connectivity index (χ4n) is 2.74. The van der Waals surface area contributed by atoms with Gasteiger partial charge in [0.15, 0.2) is 0 Å². The summed E-state index contributed by atoms with van der Waals surface area (Å²) in [4.78, 5) is 14.3. The van der Waals surface area contributed by atoms with Crippen molar-refractivity contribution in [2.24, 2.45) is 0 Å². The zero-order chi connectivity index (χ0) is 15.2. The van der Waals surface area contributed by atoms with Crippen LogP contribution >= 0.6 is 0 Å². The van der Waals surface area contributed by atoms with E-state index in [1.54, 1.807) is 13.2 Å². The number of carbonyl (C=O) groups is 1. The molecular formula is C17H24N2O2. The van der Waals surface area contributed by atoms with E-state index < -0.39 is 0 Å². The number of likely N-dealkylation sites (tertiary alicyclic amines) is 1. The molecule has 1 aromatic carbocycles.